The van der Waals surface area contributed by atoms with Gasteiger partial charge >= 0.3 is 0 Å². The Morgan fingerprint density at radius 3 is 2.61 bits per heavy atom. The number of halogens is 1. The van der Waals surface area contributed by atoms with Crippen molar-refractivity contribution in [1.82, 2.24) is 4.98 Å². The van der Waals surface area contributed by atoms with E-state index in [1.54, 1.807) is 23.9 Å². The van der Waals surface area contributed by atoms with E-state index in [-0.39, 0.29) is 18.1 Å². The van der Waals surface area contributed by atoms with Crippen LogP contribution in [0.2, 0.25) is 0 Å². The number of thioether (sulfide) groups is 1. The number of hydrogen-bond donors (Lipinski definition) is 1. The summed E-state index contributed by atoms with van der Waals surface area (Å²) in [5.41, 5.74) is 0.167. The molecule has 0 spiro atoms. The highest BCUT2D eigenvalue weighted by atomic mass is 32.2. The van der Waals surface area contributed by atoms with Crippen molar-refractivity contribution in [2.24, 2.45) is 0 Å². The molecule has 0 aliphatic heterocycles. The van der Waals surface area contributed by atoms with E-state index in [1.807, 2.05) is 18.4 Å². The van der Waals surface area contributed by atoms with Crippen LogP contribution < -0.4 is 4.74 Å². The van der Waals surface area contributed by atoms with Crippen LogP contribution in [0.1, 0.15) is 5.56 Å². The second-order valence-corrected chi connectivity index (χ2v) is 4.40. The first-order valence-corrected chi connectivity index (χ1v) is 6.53. The summed E-state index contributed by atoms with van der Waals surface area (Å²) in [6.45, 7) is -0.379. The summed E-state index contributed by atoms with van der Waals surface area (Å²) in [5.74, 6) is -0.248. The van der Waals surface area contributed by atoms with E-state index >= 15 is 0 Å². The van der Waals surface area contributed by atoms with Crippen molar-refractivity contribution < 1.29 is 14.2 Å². The standard InChI is InChI=1S/C13H12FNO2S/c1-18-11-4-2-10(3-5-11)17-13-12(14)9(8-16)6-7-15-13/h2-7,16H,8H2,1H3. The van der Waals surface area contributed by atoms with Gasteiger partial charge in [0.2, 0.25) is 0 Å². The van der Waals surface area contributed by atoms with E-state index in [0.29, 0.717) is 5.75 Å². The van der Waals surface area contributed by atoms with Crippen LogP contribution in [0.15, 0.2) is 41.4 Å². The highest BCUT2D eigenvalue weighted by Crippen LogP contribution is 2.25. The number of rotatable bonds is 4. The van der Waals surface area contributed by atoms with E-state index in [4.69, 9.17) is 9.84 Å². The Kier molecular flexibility index (Phi) is 4.17. The zero-order valence-electron chi connectivity index (χ0n) is 9.76. The van der Waals surface area contributed by atoms with Crippen molar-refractivity contribution in [3.8, 4) is 11.6 Å². The molecule has 1 aromatic carbocycles. The van der Waals surface area contributed by atoms with Crippen molar-refractivity contribution in [3.63, 3.8) is 0 Å². The van der Waals surface area contributed by atoms with Crippen molar-refractivity contribution in [3.05, 3.63) is 47.9 Å². The van der Waals surface area contributed by atoms with Crippen LogP contribution in [0.25, 0.3) is 0 Å². The monoisotopic (exact) mass is 265 g/mol. The molecule has 5 heteroatoms. The molecule has 0 fully saturated rings. The van der Waals surface area contributed by atoms with E-state index in [9.17, 15) is 4.39 Å². The molecule has 0 bridgehead atoms. The molecule has 1 heterocycles. The van der Waals surface area contributed by atoms with Gasteiger partial charge in [-0.3, -0.25) is 0 Å². The summed E-state index contributed by atoms with van der Waals surface area (Å²) >= 11 is 1.61. The van der Waals surface area contributed by atoms with Crippen LogP contribution in [-0.4, -0.2) is 16.3 Å². The highest BCUT2D eigenvalue weighted by Gasteiger charge is 2.10. The summed E-state index contributed by atoms with van der Waals surface area (Å²) in [6.07, 6.45) is 3.38. The maximum Gasteiger partial charge on any atom is 0.256 e. The number of ether oxygens (including phenoxy) is 1. The number of hydrogen-bond acceptors (Lipinski definition) is 4. The van der Waals surface area contributed by atoms with Gasteiger partial charge in [0, 0.05) is 16.7 Å². The Hall–Kier alpha value is -1.59. The molecule has 2 rings (SSSR count). The second kappa shape index (κ2) is 5.84. The predicted molar refractivity (Wildman–Crippen MR) is 68.4 cm³/mol. The topological polar surface area (TPSA) is 42.4 Å². The average Bonchev–Trinajstić information content (AvgIpc) is 2.42. The number of nitrogens with zero attached hydrogens (tertiary/aromatic N) is 1. The van der Waals surface area contributed by atoms with Crippen LogP contribution in [0.3, 0.4) is 0 Å². The molecule has 0 aliphatic carbocycles. The van der Waals surface area contributed by atoms with Crippen LogP contribution in [0, 0.1) is 5.82 Å². The smallest absolute Gasteiger partial charge is 0.256 e. The van der Waals surface area contributed by atoms with E-state index in [2.05, 4.69) is 4.98 Å². The first-order valence-electron chi connectivity index (χ1n) is 5.30. The zero-order chi connectivity index (χ0) is 13.0. The maximum absolute atomic E-state index is 13.8. The Bertz CT molecular complexity index is 531. The van der Waals surface area contributed by atoms with Gasteiger partial charge < -0.3 is 9.84 Å². The largest absolute Gasteiger partial charge is 0.436 e. The van der Waals surface area contributed by atoms with Gasteiger partial charge in [0.05, 0.1) is 6.61 Å². The molecule has 94 valence electrons. The minimum atomic E-state index is -0.631. The van der Waals surface area contributed by atoms with Crippen LogP contribution in [-0.2, 0) is 6.61 Å². The number of pyridine rings is 1. The molecular weight excluding hydrogens is 253 g/mol. The average molecular weight is 265 g/mol. The van der Waals surface area contributed by atoms with Crippen molar-refractivity contribution >= 4 is 11.8 Å². The van der Waals surface area contributed by atoms with Crippen LogP contribution in [0.5, 0.6) is 11.6 Å². The molecule has 18 heavy (non-hydrogen) atoms. The lowest BCUT2D eigenvalue weighted by atomic mass is 10.2. The number of aromatic nitrogens is 1. The molecule has 1 aromatic heterocycles. The molecule has 0 saturated heterocycles. The SMILES string of the molecule is CSc1ccc(Oc2nccc(CO)c2F)cc1. The van der Waals surface area contributed by atoms with E-state index in [1.165, 1.54) is 12.3 Å². The first kappa shape index (κ1) is 12.9. The zero-order valence-corrected chi connectivity index (χ0v) is 10.6. The lowest BCUT2D eigenvalue weighted by Crippen LogP contribution is -1.97. The van der Waals surface area contributed by atoms with Gasteiger partial charge in [-0.2, -0.15) is 0 Å². The molecule has 0 unspecified atom stereocenters. The Morgan fingerprint density at radius 1 is 1.28 bits per heavy atom. The lowest BCUT2D eigenvalue weighted by molar-refractivity contribution is 0.273. The number of benzene rings is 1. The Balaban J connectivity index is 2.22. The molecular formula is C13H12FNO2S. The first-order chi connectivity index (χ1) is 8.74. The van der Waals surface area contributed by atoms with Crippen LogP contribution in [0.4, 0.5) is 4.39 Å². The van der Waals surface area contributed by atoms with Gasteiger partial charge in [-0.15, -0.1) is 11.8 Å². The van der Waals surface area contributed by atoms with Crippen molar-refractivity contribution in [1.29, 1.82) is 0 Å². The Labute approximate surface area is 109 Å². The van der Waals surface area contributed by atoms with Gasteiger partial charge in [-0.05, 0) is 36.6 Å². The molecule has 3 nitrogen and oxygen atoms in total. The van der Waals surface area contributed by atoms with Crippen molar-refractivity contribution in [2.45, 2.75) is 11.5 Å². The van der Waals surface area contributed by atoms with Gasteiger partial charge in [-0.25, -0.2) is 9.37 Å². The molecule has 0 atom stereocenters. The van der Waals surface area contributed by atoms with Gasteiger partial charge in [0.25, 0.3) is 5.88 Å². The van der Waals surface area contributed by atoms with E-state index in [0.717, 1.165) is 4.90 Å². The maximum atomic E-state index is 13.8. The quantitative estimate of drug-likeness (QED) is 0.862. The third-order valence-corrected chi connectivity index (χ3v) is 3.13. The molecule has 2 aromatic rings. The number of aliphatic hydroxyl groups excluding tert-OH is 1. The minimum Gasteiger partial charge on any atom is -0.436 e. The fraction of sp³-hybridized carbons (Fsp3) is 0.154. The van der Waals surface area contributed by atoms with Gasteiger partial charge in [0.1, 0.15) is 5.75 Å². The summed E-state index contributed by atoms with van der Waals surface area (Å²) in [4.78, 5) is 4.91. The lowest BCUT2D eigenvalue weighted by Gasteiger charge is -2.07. The number of aliphatic hydroxyl groups is 1. The molecule has 0 saturated carbocycles. The summed E-state index contributed by atoms with van der Waals surface area (Å²) in [6, 6.07) is 8.68. The summed E-state index contributed by atoms with van der Waals surface area (Å²) in [5, 5.41) is 8.95. The summed E-state index contributed by atoms with van der Waals surface area (Å²) in [7, 11) is 0. The fourth-order valence-corrected chi connectivity index (χ4v) is 1.82. The van der Waals surface area contributed by atoms with Crippen LogP contribution >= 0.6 is 11.8 Å². The molecule has 0 radical (unpaired) electrons. The van der Waals surface area contributed by atoms with E-state index < -0.39 is 5.82 Å². The van der Waals surface area contributed by atoms with Crippen molar-refractivity contribution in [2.75, 3.05) is 6.26 Å². The second-order valence-electron chi connectivity index (χ2n) is 3.52. The normalized spacial score (nSPS) is 10.4. The molecule has 1 N–H and O–H groups in total. The molecule has 0 amide bonds. The van der Waals surface area contributed by atoms with Gasteiger partial charge in [0.15, 0.2) is 5.82 Å². The summed E-state index contributed by atoms with van der Waals surface area (Å²) < 4.78 is 19.1. The third-order valence-electron chi connectivity index (χ3n) is 2.38. The van der Waals surface area contributed by atoms with Gasteiger partial charge in [-0.1, -0.05) is 0 Å². The highest BCUT2D eigenvalue weighted by molar-refractivity contribution is 7.98. The fourth-order valence-electron chi connectivity index (χ4n) is 1.41. The predicted octanol–water partition coefficient (Wildman–Crippen LogP) is 3.23. The Morgan fingerprint density at radius 2 is 2.00 bits per heavy atom. The minimum absolute atomic E-state index is 0.126. The molecule has 0 aliphatic rings. The third kappa shape index (κ3) is 2.80.